The number of carbonyl (C=O) groups is 1. The number of rotatable bonds is 6. The summed E-state index contributed by atoms with van der Waals surface area (Å²) in [6.07, 6.45) is 0. The number of aryl methyl sites for hydroxylation is 1. The molecule has 0 saturated heterocycles. The highest BCUT2D eigenvalue weighted by molar-refractivity contribution is 7.89. The van der Waals surface area contributed by atoms with Gasteiger partial charge in [-0.05, 0) is 43.7 Å². The molecule has 0 saturated carbocycles. The first-order chi connectivity index (χ1) is 12.2. The molecule has 0 spiro atoms. The van der Waals surface area contributed by atoms with Crippen molar-refractivity contribution >= 4 is 33.2 Å². The van der Waals surface area contributed by atoms with Gasteiger partial charge in [-0.2, -0.15) is 9.41 Å². The van der Waals surface area contributed by atoms with Gasteiger partial charge < -0.3 is 0 Å². The Labute approximate surface area is 158 Å². The standard InChI is InChI=1S/C18H20ClN3O3S/c1-13-7-9-17(10-8-13)26(24,25)22(3)12-18(23)21-20-14(2)15-5-4-6-16(19)11-15/h4-11H,12H2,1-3H3,(H,21,23)/b20-14+. The van der Waals surface area contributed by atoms with E-state index < -0.39 is 15.9 Å². The fourth-order valence-electron chi connectivity index (χ4n) is 2.14. The molecular weight excluding hydrogens is 374 g/mol. The number of sulfonamides is 1. The molecule has 8 heteroatoms. The van der Waals surface area contributed by atoms with Gasteiger partial charge in [-0.25, -0.2) is 13.8 Å². The third-order valence-electron chi connectivity index (χ3n) is 3.69. The SMILES string of the molecule is C/C(=N\NC(=O)CN(C)S(=O)(=O)c1ccc(C)cc1)c1cccc(Cl)c1. The Hall–Kier alpha value is -2.22. The van der Waals surface area contributed by atoms with Crippen molar-refractivity contribution in [3.63, 3.8) is 0 Å². The van der Waals surface area contributed by atoms with E-state index >= 15 is 0 Å². The van der Waals surface area contributed by atoms with Crippen molar-refractivity contribution in [3.05, 3.63) is 64.7 Å². The van der Waals surface area contributed by atoms with Crippen molar-refractivity contribution < 1.29 is 13.2 Å². The maximum absolute atomic E-state index is 12.5. The van der Waals surface area contributed by atoms with Crippen LogP contribution in [0.4, 0.5) is 0 Å². The van der Waals surface area contributed by atoms with E-state index in [-0.39, 0.29) is 11.4 Å². The van der Waals surface area contributed by atoms with E-state index in [9.17, 15) is 13.2 Å². The van der Waals surface area contributed by atoms with Gasteiger partial charge >= 0.3 is 0 Å². The summed E-state index contributed by atoms with van der Waals surface area (Å²) in [5.41, 5.74) is 4.64. The van der Waals surface area contributed by atoms with E-state index in [0.29, 0.717) is 10.7 Å². The van der Waals surface area contributed by atoms with Crippen molar-refractivity contribution in [2.45, 2.75) is 18.7 Å². The number of halogens is 1. The lowest BCUT2D eigenvalue weighted by Crippen LogP contribution is -2.36. The maximum atomic E-state index is 12.5. The normalized spacial score (nSPS) is 12.3. The van der Waals surface area contributed by atoms with Gasteiger partial charge in [-0.15, -0.1) is 0 Å². The number of likely N-dealkylation sites (N-methyl/N-ethyl adjacent to an activating group) is 1. The summed E-state index contributed by atoms with van der Waals surface area (Å²) in [6.45, 7) is 3.25. The Morgan fingerprint density at radius 3 is 2.46 bits per heavy atom. The number of nitrogens with one attached hydrogen (secondary N) is 1. The highest BCUT2D eigenvalue weighted by atomic mass is 35.5. The van der Waals surface area contributed by atoms with Crippen molar-refractivity contribution in [2.75, 3.05) is 13.6 Å². The smallest absolute Gasteiger partial charge is 0.255 e. The number of hydrogen-bond donors (Lipinski definition) is 1. The van der Waals surface area contributed by atoms with Crippen LogP contribution in [0.25, 0.3) is 0 Å². The first-order valence-corrected chi connectivity index (χ1v) is 9.64. The van der Waals surface area contributed by atoms with Gasteiger partial charge in [-0.1, -0.05) is 41.4 Å². The second-order valence-electron chi connectivity index (χ2n) is 5.82. The Kier molecular flexibility index (Phi) is 6.52. The summed E-state index contributed by atoms with van der Waals surface area (Å²) in [4.78, 5) is 12.2. The lowest BCUT2D eigenvalue weighted by atomic mass is 10.1. The fourth-order valence-corrected chi connectivity index (χ4v) is 3.45. The van der Waals surface area contributed by atoms with E-state index in [1.165, 1.54) is 19.2 Å². The van der Waals surface area contributed by atoms with Crippen molar-refractivity contribution in [3.8, 4) is 0 Å². The zero-order chi connectivity index (χ0) is 19.3. The quantitative estimate of drug-likeness (QED) is 0.605. The first-order valence-electron chi connectivity index (χ1n) is 7.82. The second-order valence-corrected chi connectivity index (χ2v) is 8.30. The maximum Gasteiger partial charge on any atom is 0.255 e. The molecule has 2 aromatic rings. The van der Waals surface area contributed by atoms with Crippen LogP contribution in [0.1, 0.15) is 18.1 Å². The topological polar surface area (TPSA) is 78.8 Å². The van der Waals surface area contributed by atoms with Gasteiger partial charge in [0.05, 0.1) is 17.2 Å². The van der Waals surface area contributed by atoms with Crippen LogP contribution in [0.3, 0.4) is 0 Å². The number of hydrazone groups is 1. The van der Waals surface area contributed by atoms with Crippen molar-refractivity contribution in [2.24, 2.45) is 5.10 Å². The van der Waals surface area contributed by atoms with Crippen LogP contribution in [0.2, 0.25) is 5.02 Å². The highest BCUT2D eigenvalue weighted by Gasteiger charge is 2.22. The number of hydrogen-bond acceptors (Lipinski definition) is 4. The minimum absolute atomic E-state index is 0.136. The zero-order valence-electron chi connectivity index (χ0n) is 14.7. The summed E-state index contributed by atoms with van der Waals surface area (Å²) in [5, 5.41) is 4.55. The van der Waals surface area contributed by atoms with Crippen LogP contribution in [0.5, 0.6) is 0 Å². The van der Waals surface area contributed by atoms with Crippen LogP contribution < -0.4 is 5.43 Å². The molecule has 0 fully saturated rings. The van der Waals surface area contributed by atoms with Crippen LogP contribution in [-0.2, 0) is 14.8 Å². The molecule has 0 aromatic heterocycles. The Morgan fingerprint density at radius 1 is 1.19 bits per heavy atom. The minimum atomic E-state index is -3.74. The lowest BCUT2D eigenvalue weighted by molar-refractivity contribution is -0.121. The summed E-state index contributed by atoms with van der Waals surface area (Å²) in [5.74, 6) is -0.537. The minimum Gasteiger partial charge on any atom is -0.272 e. The molecular formula is C18H20ClN3O3S. The van der Waals surface area contributed by atoms with Gasteiger partial charge in [0.2, 0.25) is 10.0 Å². The summed E-state index contributed by atoms with van der Waals surface area (Å²) >= 11 is 5.92. The predicted octanol–water partition coefficient (Wildman–Crippen LogP) is 2.81. The summed E-state index contributed by atoms with van der Waals surface area (Å²) < 4.78 is 25.9. The molecule has 1 N–H and O–H groups in total. The molecule has 2 aromatic carbocycles. The lowest BCUT2D eigenvalue weighted by Gasteiger charge is -2.16. The average molecular weight is 394 g/mol. The molecule has 26 heavy (non-hydrogen) atoms. The van der Waals surface area contributed by atoms with Crippen LogP contribution in [0, 0.1) is 6.92 Å². The molecule has 0 radical (unpaired) electrons. The van der Waals surface area contributed by atoms with Crippen LogP contribution in [-0.4, -0.2) is 37.9 Å². The molecule has 2 rings (SSSR count). The predicted molar refractivity (Wildman–Crippen MR) is 103 cm³/mol. The van der Waals surface area contributed by atoms with Crippen molar-refractivity contribution in [1.29, 1.82) is 0 Å². The largest absolute Gasteiger partial charge is 0.272 e. The van der Waals surface area contributed by atoms with Crippen molar-refractivity contribution in [1.82, 2.24) is 9.73 Å². The number of carbonyl (C=O) groups excluding carboxylic acids is 1. The average Bonchev–Trinajstić information content (AvgIpc) is 2.60. The van der Waals surface area contributed by atoms with E-state index in [4.69, 9.17) is 11.6 Å². The van der Waals surface area contributed by atoms with Crippen LogP contribution >= 0.6 is 11.6 Å². The van der Waals surface area contributed by atoms with Gasteiger partial charge in [0.15, 0.2) is 0 Å². The zero-order valence-corrected chi connectivity index (χ0v) is 16.3. The van der Waals surface area contributed by atoms with E-state index in [2.05, 4.69) is 10.5 Å². The number of amides is 1. The Balaban J connectivity index is 2.02. The van der Waals surface area contributed by atoms with E-state index in [1.54, 1.807) is 37.3 Å². The second kappa shape index (κ2) is 8.44. The Bertz CT molecular complexity index is 925. The van der Waals surface area contributed by atoms with Gasteiger partial charge in [0.1, 0.15) is 0 Å². The van der Waals surface area contributed by atoms with Gasteiger partial charge in [0, 0.05) is 12.1 Å². The summed E-state index contributed by atoms with van der Waals surface area (Å²) in [7, 11) is -2.39. The monoisotopic (exact) mass is 393 g/mol. The fraction of sp³-hybridized carbons (Fsp3) is 0.222. The molecule has 0 bridgehead atoms. The summed E-state index contributed by atoms with van der Waals surface area (Å²) in [6, 6.07) is 13.5. The van der Waals surface area contributed by atoms with E-state index in [0.717, 1.165) is 15.4 Å². The van der Waals surface area contributed by atoms with Crippen LogP contribution in [0.15, 0.2) is 58.5 Å². The third-order valence-corrected chi connectivity index (χ3v) is 5.74. The number of nitrogens with zero attached hydrogens (tertiary/aromatic N) is 2. The molecule has 1 amide bonds. The first kappa shape index (κ1) is 20.1. The molecule has 138 valence electrons. The highest BCUT2D eigenvalue weighted by Crippen LogP contribution is 2.15. The molecule has 0 aliphatic rings. The molecule has 6 nitrogen and oxygen atoms in total. The molecule has 0 atom stereocenters. The Morgan fingerprint density at radius 2 is 1.85 bits per heavy atom. The van der Waals surface area contributed by atoms with E-state index in [1.807, 2.05) is 13.0 Å². The third kappa shape index (κ3) is 5.14. The molecule has 0 aliphatic carbocycles. The molecule has 0 unspecified atom stereocenters. The number of benzene rings is 2. The molecule has 0 heterocycles. The van der Waals surface area contributed by atoms with Gasteiger partial charge in [-0.3, -0.25) is 4.79 Å². The van der Waals surface area contributed by atoms with Gasteiger partial charge in [0.25, 0.3) is 5.91 Å². The molecule has 0 aliphatic heterocycles.